The van der Waals surface area contributed by atoms with E-state index in [9.17, 15) is 19.8 Å². The molecule has 0 aliphatic heterocycles. The Hall–Kier alpha value is -1.58. The molecule has 0 amide bonds. The quantitative estimate of drug-likeness (QED) is 0.128. The fraction of sp³-hybridized carbons (Fsp3) is 0.786. The monoisotopic (exact) mass is 450 g/mol. The van der Waals surface area contributed by atoms with Crippen LogP contribution in [0.3, 0.4) is 0 Å². The molecule has 0 aromatic carbocycles. The van der Waals surface area contributed by atoms with Gasteiger partial charge in [0.15, 0.2) is 0 Å². The normalized spacial score (nSPS) is 13.9. The summed E-state index contributed by atoms with van der Waals surface area (Å²) >= 11 is 0. The van der Waals surface area contributed by atoms with Crippen molar-refractivity contribution in [3.63, 3.8) is 0 Å². The van der Waals surface area contributed by atoms with Crippen LogP contribution < -0.4 is 0 Å². The van der Waals surface area contributed by atoms with Crippen molar-refractivity contribution in [1.29, 1.82) is 0 Å². The molecule has 0 saturated carbocycles. The summed E-state index contributed by atoms with van der Waals surface area (Å²) in [7, 11) is 0. The Morgan fingerprint density at radius 3 is 1.53 bits per heavy atom. The fourth-order valence-electron chi connectivity index (χ4n) is 4.09. The molecule has 0 saturated heterocycles. The first-order valence-corrected chi connectivity index (χ1v) is 13.2. The van der Waals surface area contributed by atoms with E-state index < -0.39 is 23.8 Å². The lowest BCUT2D eigenvalue weighted by Gasteiger charge is -2.20. The molecule has 2 atom stereocenters. The van der Waals surface area contributed by atoms with Gasteiger partial charge < -0.3 is 10.2 Å². The number of rotatable bonds is 22. The lowest BCUT2D eigenvalue weighted by molar-refractivity contribution is -0.154. The molecule has 0 rings (SSSR count). The Bertz CT molecular complexity index is 522. The van der Waals surface area contributed by atoms with Crippen molar-refractivity contribution >= 4 is 11.9 Å². The topological polar surface area (TPSA) is 74.6 Å². The van der Waals surface area contributed by atoms with Gasteiger partial charge in [0.05, 0.1) is 11.8 Å². The number of hydrogen-bond acceptors (Lipinski definition) is 2. The molecular weight excluding hydrogens is 400 g/mol. The van der Waals surface area contributed by atoms with Crippen molar-refractivity contribution in [2.45, 2.75) is 124 Å². The minimum atomic E-state index is -0.953. The lowest BCUT2D eigenvalue weighted by Crippen LogP contribution is -2.30. The summed E-state index contributed by atoms with van der Waals surface area (Å²) in [5.41, 5.74) is 0. The average molecular weight is 451 g/mol. The number of carboxylic acids is 2. The van der Waals surface area contributed by atoms with Crippen molar-refractivity contribution < 1.29 is 19.8 Å². The van der Waals surface area contributed by atoms with Gasteiger partial charge in [-0.2, -0.15) is 0 Å². The highest BCUT2D eigenvalue weighted by Crippen LogP contribution is 2.26. The molecule has 0 aromatic heterocycles. The summed E-state index contributed by atoms with van der Waals surface area (Å²) in [4.78, 5) is 23.4. The number of aliphatic carboxylic acids is 2. The van der Waals surface area contributed by atoms with Crippen molar-refractivity contribution in [3.05, 3.63) is 24.3 Å². The van der Waals surface area contributed by atoms with Crippen LogP contribution >= 0.6 is 0 Å². The fourth-order valence-corrected chi connectivity index (χ4v) is 4.09. The van der Waals surface area contributed by atoms with E-state index in [4.69, 9.17) is 0 Å². The van der Waals surface area contributed by atoms with Gasteiger partial charge >= 0.3 is 11.9 Å². The van der Waals surface area contributed by atoms with E-state index in [0.717, 1.165) is 64.2 Å². The average Bonchev–Trinajstić information content (AvgIpc) is 2.73. The molecule has 0 bridgehead atoms. The van der Waals surface area contributed by atoms with Gasteiger partial charge in [-0.3, -0.25) is 9.59 Å². The zero-order valence-electron chi connectivity index (χ0n) is 21.1. The molecule has 0 fully saturated rings. The minimum absolute atomic E-state index is 0.469. The van der Waals surface area contributed by atoms with Gasteiger partial charge in [0.25, 0.3) is 0 Å². The molecule has 4 nitrogen and oxygen atoms in total. The number of carboxylic acid groups (broad SMARTS) is 2. The second-order valence-corrected chi connectivity index (χ2v) is 9.59. The third-order valence-corrected chi connectivity index (χ3v) is 6.13. The number of allylic oxidation sites excluding steroid dienone is 4. The van der Waals surface area contributed by atoms with Crippen LogP contribution in [-0.2, 0) is 9.59 Å². The van der Waals surface area contributed by atoms with Crippen LogP contribution in [0.1, 0.15) is 124 Å². The molecule has 4 heteroatoms. The van der Waals surface area contributed by atoms with E-state index in [-0.39, 0.29) is 0 Å². The van der Waals surface area contributed by atoms with Gasteiger partial charge in [-0.1, -0.05) is 103 Å². The molecule has 0 aliphatic carbocycles. The maximum absolute atomic E-state index is 11.7. The second-order valence-electron chi connectivity index (χ2n) is 9.59. The SMILES string of the molecule is CCCCC/C=C\C/C=C\CCCCCCC(C(=O)O)C(CCCCCC(C)C)C(=O)O. The van der Waals surface area contributed by atoms with Crippen LogP contribution in [0.2, 0.25) is 0 Å². The van der Waals surface area contributed by atoms with E-state index in [1.165, 1.54) is 25.7 Å². The van der Waals surface area contributed by atoms with Crippen LogP contribution in [0.25, 0.3) is 0 Å². The van der Waals surface area contributed by atoms with Crippen LogP contribution in [0.4, 0.5) is 0 Å². The Labute approximate surface area is 197 Å². The third kappa shape index (κ3) is 18.0. The molecule has 0 radical (unpaired) electrons. The van der Waals surface area contributed by atoms with Gasteiger partial charge in [0.1, 0.15) is 0 Å². The zero-order valence-corrected chi connectivity index (χ0v) is 21.1. The van der Waals surface area contributed by atoms with E-state index in [0.29, 0.717) is 18.8 Å². The van der Waals surface area contributed by atoms with Crippen LogP contribution in [-0.4, -0.2) is 22.2 Å². The highest BCUT2D eigenvalue weighted by Gasteiger charge is 2.32. The van der Waals surface area contributed by atoms with Crippen molar-refractivity contribution in [1.82, 2.24) is 0 Å². The maximum Gasteiger partial charge on any atom is 0.307 e. The molecular formula is C28H50O4. The maximum atomic E-state index is 11.7. The van der Waals surface area contributed by atoms with Gasteiger partial charge in [-0.05, 0) is 50.9 Å². The Balaban J connectivity index is 4.03. The van der Waals surface area contributed by atoms with Crippen molar-refractivity contribution in [2.24, 2.45) is 17.8 Å². The Morgan fingerprint density at radius 2 is 1.06 bits per heavy atom. The second kappa shape index (κ2) is 21.3. The highest BCUT2D eigenvalue weighted by molar-refractivity contribution is 5.79. The first kappa shape index (κ1) is 30.4. The first-order chi connectivity index (χ1) is 15.4. The lowest BCUT2D eigenvalue weighted by atomic mass is 9.84. The van der Waals surface area contributed by atoms with E-state index in [1.807, 2.05) is 0 Å². The molecule has 0 spiro atoms. The zero-order chi connectivity index (χ0) is 24.0. The molecule has 2 unspecified atom stereocenters. The van der Waals surface area contributed by atoms with Gasteiger partial charge in [0.2, 0.25) is 0 Å². The minimum Gasteiger partial charge on any atom is -0.481 e. The molecule has 32 heavy (non-hydrogen) atoms. The Kier molecular flexibility index (Phi) is 20.2. The van der Waals surface area contributed by atoms with Crippen molar-refractivity contribution in [3.8, 4) is 0 Å². The summed E-state index contributed by atoms with van der Waals surface area (Å²) in [5, 5.41) is 19.2. The van der Waals surface area contributed by atoms with Gasteiger partial charge in [-0.25, -0.2) is 0 Å². The first-order valence-electron chi connectivity index (χ1n) is 13.2. The summed E-state index contributed by atoms with van der Waals surface area (Å²) in [6, 6.07) is 0. The highest BCUT2D eigenvalue weighted by atomic mass is 16.4. The smallest absolute Gasteiger partial charge is 0.307 e. The summed E-state index contributed by atoms with van der Waals surface area (Å²) < 4.78 is 0. The number of hydrogen-bond donors (Lipinski definition) is 2. The van der Waals surface area contributed by atoms with Crippen molar-refractivity contribution in [2.75, 3.05) is 0 Å². The summed E-state index contributed by atoms with van der Waals surface area (Å²) in [5.74, 6) is -2.77. The predicted molar refractivity (Wildman–Crippen MR) is 135 cm³/mol. The largest absolute Gasteiger partial charge is 0.481 e. The van der Waals surface area contributed by atoms with Crippen LogP contribution in [0, 0.1) is 17.8 Å². The number of unbranched alkanes of at least 4 members (excludes halogenated alkanes) is 9. The Morgan fingerprint density at radius 1 is 0.625 bits per heavy atom. The standard InChI is InChI=1S/C28H50O4/c1-4-5-6-7-8-9-10-11-12-13-14-15-16-19-22-25(27(29)30)26(28(31)32)23-20-17-18-21-24(2)3/h8-9,11-12,24-26H,4-7,10,13-23H2,1-3H3,(H,29,30)(H,31,32)/b9-8-,12-11-. The summed E-state index contributed by atoms with van der Waals surface area (Å²) in [6.45, 7) is 6.59. The van der Waals surface area contributed by atoms with E-state index in [1.54, 1.807) is 0 Å². The van der Waals surface area contributed by atoms with Crippen LogP contribution in [0.15, 0.2) is 24.3 Å². The van der Waals surface area contributed by atoms with E-state index >= 15 is 0 Å². The predicted octanol–water partition coefficient (Wildman–Crippen LogP) is 8.42. The molecule has 0 aliphatic rings. The van der Waals surface area contributed by atoms with Gasteiger partial charge in [-0.15, -0.1) is 0 Å². The molecule has 0 heterocycles. The van der Waals surface area contributed by atoms with Gasteiger partial charge in [0, 0.05) is 0 Å². The molecule has 186 valence electrons. The van der Waals surface area contributed by atoms with E-state index in [2.05, 4.69) is 45.1 Å². The molecule has 0 aromatic rings. The summed E-state index contributed by atoms with van der Waals surface area (Å²) in [6.07, 6.45) is 24.9. The third-order valence-electron chi connectivity index (χ3n) is 6.13. The molecule has 2 N–H and O–H groups in total. The number of carbonyl (C=O) groups is 2. The van der Waals surface area contributed by atoms with Crippen LogP contribution in [0.5, 0.6) is 0 Å².